The second-order valence-electron chi connectivity index (χ2n) is 6.84. The maximum Gasteiger partial charge on any atom is 0.283 e. The van der Waals surface area contributed by atoms with Gasteiger partial charge in [-0.15, -0.1) is 10.2 Å². The van der Waals surface area contributed by atoms with E-state index in [1.54, 1.807) is 26.2 Å². The molecule has 27 heavy (non-hydrogen) atoms. The monoisotopic (exact) mass is 387 g/mol. The highest BCUT2D eigenvalue weighted by atomic mass is 31.0. The minimum Gasteiger partial charge on any atom is -0.355 e. The molecule has 4 rings (SSSR count). The van der Waals surface area contributed by atoms with Crippen molar-refractivity contribution in [3.63, 3.8) is 0 Å². The molecular formula is C19H20F2N5P. The van der Waals surface area contributed by atoms with Crippen molar-refractivity contribution in [2.24, 2.45) is 5.92 Å². The van der Waals surface area contributed by atoms with Gasteiger partial charge in [-0.2, -0.15) is 13.6 Å². The van der Waals surface area contributed by atoms with Crippen molar-refractivity contribution in [1.82, 2.24) is 20.2 Å². The van der Waals surface area contributed by atoms with Gasteiger partial charge < -0.3 is 5.32 Å². The second kappa shape index (κ2) is 7.31. The van der Waals surface area contributed by atoms with E-state index in [0.29, 0.717) is 17.4 Å². The summed E-state index contributed by atoms with van der Waals surface area (Å²) in [5.74, 6) is 1.19. The number of anilines is 2. The molecule has 3 aromatic rings. The van der Waals surface area contributed by atoms with Crippen molar-refractivity contribution in [3.8, 4) is 11.4 Å². The van der Waals surface area contributed by atoms with Crippen molar-refractivity contribution >= 4 is 20.6 Å². The Bertz CT molecular complexity index is 916. The molecule has 1 unspecified atom stereocenters. The van der Waals surface area contributed by atoms with Gasteiger partial charge in [-0.25, -0.2) is 0 Å². The Balaban J connectivity index is 1.54. The largest absolute Gasteiger partial charge is 0.355 e. The minimum absolute atomic E-state index is 0.0491. The molecule has 0 radical (unpaired) electrons. The molecule has 0 spiro atoms. The van der Waals surface area contributed by atoms with E-state index >= 15 is 0 Å². The number of rotatable bonds is 6. The normalized spacial score (nSPS) is 14.8. The molecule has 0 aliphatic heterocycles. The Kier molecular flexibility index (Phi) is 4.87. The number of alkyl halides is 2. The molecule has 8 heteroatoms. The van der Waals surface area contributed by atoms with Crippen molar-refractivity contribution in [1.29, 1.82) is 0 Å². The number of hydrogen-bond donors (Lipinski definition) is 1. The van der Waals surface area contributed by atoms with Gasteiger partial charge in [0.05, 0.1) is 6.54 Å². The lowest BCUT2D eigenvalue weighted by Gasteiger charge is -2.23. The smallest absolute Gasteiger partial charge is 0.283 e. The third kappa shape index (κ3) is 4.14. The van der Waals surface area contributed by atoms with E-state index < -0.39 is 5.66 Å². The summed E-state index contributed by atoms with van der Waals surface area (Å²) in [5.41, 5.74) is -0.655. The van der Waals surface area contributed by atoms with Crippen LogP contribution in [-0.2, 0) is 12.2 Å². The lowest BCUT2D eigenvalue weighted by molar-refractivity contribution is 0.104. The van der Waals surface area contributed by atoms with Gasteiger partial charge in [0.1, 0.15) is 0 Å². The topological polar surface area (TPSA) is 55.6 Å². The zero-order valence-corrected chi connectivity index (χ0v) is 15.8. The van der Waals surface area contributed by atoms with E-state index in [1.165, 1.54) is 31.4 Å². The molecule has 1 aliphatic rings. The van der Waals surface area contributed by atoms with Gasteiger partial charge in [0, 0.05) is 22.5 Å². The van der Waals surface area contributed by atoms with Crippen LogP contribution in [0, 0.1) is 5.92 Å². The van der Waals surface area contributed by atoms with Crippen molar-refractivity contribution in [3.05, 3.63) is 54.1 Å². The molecule has 5 nitrogen and oxygen atoms in total. The summed E-state index contributed by atoms with van der Waals surface area (Å²) in [6.07, 6.45) is 3.72. The Morgan fingerprint density at radius 1 is 1.11 bits per heavy atom. The number of para-hydroxylation sites is 1. The van der Waals surface area contributed by atoms with Gasteiger partial charge in [-0.05, 0) is 48.2 Å². The maximum absolute atomic E-state index is 13.3. The van der Waals surface area contributed by atoms with Crippen LogP contribution < -0.4 is 5.32 Å². The Labute approximate surface area is 158 Å². The van der Waals surface area contributed by atoms with Gasteiger partial charge in [0.25, 0.3) is 5.66 Å². The Hall–Kier alpha value is -2.40. The molecule has 1 aliphatic carbocycles. The van der Waals surface area contributed by atoms with Crippen LogP contribution in [0.2, 0.25) is 0 Å². The molecule has 1 atom stereocenters. The first kappa shape index (κ1) is 18.0. The number of tetrazole rings is 1. The quantitative estimate of drug-likeness (QED) is 0.617. The summed E-state index contributed by atoms with van der Waals surface area (Å²) >= 11 is 0. The standard InChI is InChI=1S/C19H20F2N5P/c20-19(21,27)14-8-10-15(11-9-14)22-17-7-2-1-6-16(17)18-23-25-26(24-18)12-13-4-3-5-13/h1-2,6-11,13,22H,3-5,12,27H2. The third-order valence-corrected chi connectivity index (χ3v) is 5.15. The fraction of sp³-hybridized carbons (Fsp3) is 0.316. The van der Waals surface area contributed by atoms with Crippen molar-refractivity contribution < 1.29 is 8.78 Å². The summed E-state index contributed by atoms with van der Waals surface area (Å²) < 4.78 is 26.7. The van der Waals surface area contributed by atoms with E-state index in [1.807, 2.05) is 24.3 Å². The van der Waals surface area contributed by atoms with Gasteiger partial charge in [0.15, 0.2) is 0 Å². The third-order valence-electron chi connectivity index (χ3n) is 4.82. The van der Waals surface area contributed by atoms with E-state index in [2.05, 4.69) is 20.7 Å². The number of nitrogens with one attached hydrogen (secondary N) is 1. The highest BCUT2D eigenvalue weighted by Gasteiger charge is 2.24. The lowest BCUT2D eigenvalue weighted by atomic mass is 9.86. The number of hydrogen-bond acceptors (Lipinski definition) is 4. The number of aromatic nitrogens is 4. The van der Waals surface area contributed by atoms with E-state index in [4.69, 9.17) is 0 Å². The summed E-state index contributed by atoms with van der Waals surface area (Å²) in [4.78, 5) is 1.66. The molecule has 2 aromatic carbocycles. The summed E-state index contributed by atoms with van der Waals surface area (Å²) in [6, 6.07) is 13.7. The van der Waals surface area contributed by atoms with E-state index in [0.717, 1.165) is 17.8 Å². The summed E-state index contributed by atoms with van der Waals surface area (Å²) in [5, 5.41) is 16.1. The molecule has 1 saturated carbocycles. The van der Waals surface area contributed by atoms with Crippen LogP contribution in [-0.4, -0.2) is 20.2 Å². The molecule has 0 saturated heterocycles. The summed E-state index contributed by atoms with van der Waals surface area (Å²) in [7, 11) is 1.55. The van der Waals surface area contributed by atoms with Gasteiger partial charge in [0.2, 0.25) is 5.82 Å². The minimum atomic E-state index is -2.93. The average molecular weight is 387 g/mol. The fourth-order valence-electron chi connectivity index (χ4n) is 3.05. The summed E-state index contributed by atoms with van der Waals surface area (Å²) in [6.45, 7) is 0.799. The molecule has 1 heterocycles. The number of nitrogens with zero attached hydrogens (tertiary/aromatic N) is 4. The van der Waals surface area contributed by atoms with Crippen LogP contribution in [0.4, 0.5) is 20.2 Å². The zero-order chi connectivity index (χ0) is 18.9. The average Bonchev–Trinajstić information content (AvgIpc) is 3.07. The van der Waals surface area contributed by atoms with E-state index in [-0.39, 0.29) is 5.56 Å². The highest BCUT2D eigenvalue weighted by molar-refractivity contribution is 7.17. The molecule has 1 aromatic heterocycles. The molecule has 1 fully saturated rings. The molecule has 0 amide bonds. The molecular weight excluding hydrogens is 367 g/mol. The Morgan fingerprint density at radius 3 is 2.52 bits per heavy atom. The van der Waals surface area contributed by atoms with E-state index in [9.17, 15) is 8.78 Å². The number of halogens is 2. The van der Waals surface area contributed by atoms with Crippen LogP contribution in [0.15, 0.2) is 48.5 Å². The van der Waals surface area contributed by atoms with Crippen molar-refractivity contribution in [2.45, 2.75) is 31.5 Å². The van der Waals surface area contributed by atoms with Gasteiger partial charge in [-0.3, -0.25) is 0 Å². The van der Waals surface area contributed by atoms with Crippen LogP contribution in [0.5, 0.6) is 0 Å². The predicted molar refractivity (Wildman–Crippen MR) is 104 cm³/mol. The van der Waals surface area contributed by atoms with Crippen LogP contribution >= 0.6 is 9.24 Å². The van der Waals surface area contributed by atoms with Gasteiger partial charge in [-0.1, -0.05) is 39.9 Å². The first-order valence-electron chi connectivity index (χ1n) is 8.90. The van der Waals surface area contributed by atoms with Crippen molar-refractivity contribution in [2.75, 3.05) is 5.32 Å². The molecule has 0 bridgehead atoms. The first-order chi connectivity index (χ1) is 13.0. The fourth-order valence-corrected chi connectivity index (χ4v) is 3.25. The number of benzene rings is 2. The Morgan fingerprint density at radius 2 is 1.85 bits per heavy atom. The SMILES string of the molecule is FC(F)(P)c1ccc(Nc2ccccc2-c2nnn(CC3CCC3)n2)cc1. The van der Waals surface area contributed by atoms with Crippen LogP contribution in [0.1, 0.15) is 24.8 Å². The predicted octanol–water partition coefficient (Wildman–Crippen LogP) is 4.81. The first-order valence-corrected chi connectivity index (χ1v) is 9.48. The zero-order valence-electron chi connectivity index (χ0n) is 14.6. The molecule has 140 valence electrons. The molecule has 1 N–H and O–H groups in total. The maximum atomic E-state index is 13.3. The van der Waals surface area contributed by atoms with Gasteiger partial charge >= 0.3 is 0 Å². The van der Waals surface area contributed by atoms with Crippen LogP contribution in [0.3, 0.4) is 0 Å². The van der Waals surface area contributed by atoms with Crippen LogP contribution in [0.25, 0.3) is 11.4 Å². The second-order valence-corrected chi connectivity index (χ2v) is 7.56. The highest BCUT2D eigenvalue weighted by Crippen LogP contribution is 2.36. The lowest BCUT2D eigenvalue weighted by Crippen LogP contribution is -2.19.